The highest BCUT2D eigenvalue weighted by Gasteiger charge is 2.37. The Morgan fingerprint density at radius 1 is 1.55 bits per heavy atom. The molecule has 1 rings (SSSR count). The molecule has 1 N–H and O–H groups in total. The van der Waals surface area contributed by atoms with Crippen molar-refractivity contribution in [3.8, 4) is 0 Å². The molecule has 0 aromatic heterocycles. The third-order valence-corrected chi connectivity index (χ3v) is 4.61. The molecule has 1 fully saturated rings. The zero-order chi connectivity index (χ0) is 8.32. The average molecular weight is 191 g/mol. The van der Waals surface area contributed by atoms with Gasteiger partial charge in [0.05, 0.1) is 5.41 Å². The van der Waals surface area contributed by atoms with Crippen molar-refractivity contribution in [2.45, 2.75) is 13.8 Å². The Morgan fingerprint density at radius 3 is 2.55 bits per heavy atom. The number of hydrogen-bond acceptors (Lipinski definition) is 3. The van der Waals surface area contributed by atoms with Crippen LogP contribution in [-0.2, 0) is 4.79 Å². The summed E-state index contributed by atoms with van der Waals surface area (Å²) in [5, 5.41) is 2.86. The van der Waals surface area contributed by atoms with Crippen LogP contribution < -0.4 is 5.32 Å². The standard InChI is InChI=1S/C7H13NOS2/c1-3-8-6(9)7(2)4-10-11-5-7/h3-5H2,1-2H3,(H,8,9). The quantitative estimate of drug-likeness (QED) is 0.671. The van der Waals surface area contributed by atoms with E-state index in [0.29, 0.717) is 0 Å². The zero-order valence-corrected chi connectivity index (χ0v) is 8.48. The van der Waals surface area contributed by atoms with Crippen molar-refractivity contribution in [3.05, 3.63) is 0 Å². The molecule has 0 spiro atoms. The number of nitrogens with one attached hydrogen (secondary N) is 1. The highest BCUT2D eigenvalue weighted by molar-refractivity contribution is 8.77. The minimum atomic E-state index is -0.120. The molecule has 2 nitrogen and oxygen atoms in total. The maximum atomic E-state index is 11.4. The van der Waals surface area contributed by atoms with Crippen LogP contribution in [0.15, 0.2) is 0 Å². The van der Waals surface area contributed by atoms with Crippen LogP contribution >= 0.6 is 21.6 Å². The fourth-order valence-electron chi connectivity index (χ4n) is 0.890. The normalized spacial score (nSPS) is 21.6. The predicted octanol–water partition coefficient (Wildman–Crippen LogP) is 1.52. The van der Waals surface area contributed by atoms with Gasteiger partial charge >= 0.3 is 0 Å². The summed E-state index contributed by atoms with van der Waals surface area (Å²) in [6.45, 7) is 4.73. The topological polar surface area (TPSA) is 29.1 Å². The lowest BCUT2D eigenvalue weighted by atomic mass is 9.95. The van der Waals surface area contributed by atoms with Crippen molar-refractivity contribution in [2.24, 2.45) is 5.41 Å². The van der Waals surface area contributed by atoms with Gasteiger partial charge < -0.3 is 5.32 Å². The second-order valence-corrected chi connectivity index (χ2v) is 5.41. The van der Waals surface area contributed by atoms with E-state index in [1.165, 1.54) is 0 Å². The maximum Gasteiger partial charge on any atom is 0.227 e. The van der Waals surface area contributed by atoms with E-state index in [9.17, 15) is 4.79 Å². The molecule has 1 aliphatic rings. The van der Waals surface area contributed by atoms with Crippen LogP contribution in [0.5, 0.6) is 0 Å². The Kier molecular flexibility index (Phi) is 3.13. The molecule has 0 radical (unpaired) electrons. The summed E-state index contributed by atoms with van der Waals surface area (Å²) in [6, 6.07) is 0. The molecular formula is C7H13NOS2. The van der Waals surface area contributed by atoms with E-state index in [4.69, 9.17) is 0 Å². The van der Waals surface area contributed by atoms with Crippen molar-refractivity contribution >= 4 is 27.5 Å². The first kappa shape index (κ1) is 9.26. The Labute approximate surface area is 75.3 Å². The minimum absolute atomic E-state index is 0.120. The van der Waals surface area contributed by atoms with Crippen LogP contribution in [0.1, 0.15) is 13.8 Å². The molecule has 64 valence electrons. The zero-order valence-electron chi connectivity index (χ0n) is 6.85. The van der Waals surface area contributed by atoms with Crippen molar-refractivity contribution in [2.75, 3.05) is 18.1 Å². The number of carbonyl (C=O) groups is 1. The lowest BCUT2D eigenvalue weighted by Crippen LogP contribution is -2.40. The van der Waals surface area contributed by atoms with Gasteiger partial charge in [-0.2, -0.15) is 0 Å². The Morgan fingerprint density at radius 2 is 2.09 bits per heavy atom. The van der Waals surface area contributed by atoms with Gasteiger partial charge in [0.1, 0.15) is 0 Å². The fraction of sp³-hybridized carbons (Fsp3) is 0.857. The van der Waals surface area contributed by atoms with E-state index in [2.05, 4.69) is 5.32 Å². The molecule has 1 heterocycles. The number of carbonyl (C=O) groups excluding carboxylic acids is 1. The van der Waals surface area contributed by atoms with Crippen molar-refractivity contribution < 1.29 is 4.79 Å². The van der Waals surface area contributed by atoms with Crippen molar-refractivity contribution in [1.29, 1.82) is 0 Å². The van der Waals surface area contributed by atoms with Crippen LogP contribution in [0.3, 0.4) is 0 Å². The second-order valence-electron chi connectivity index (χ2n) is 2.94. The van der Waals surface area contributed by atoms with Gasteiger partial charge in [0.25, 0.3) is 0 Å². The third kappa shape index (κ3) is 2.06. The highest BCUT2D eigenvalue weighted by Crippen LogP contribution is 2.42. The number of amides is 1. The maximum absolute atomic E-state index is 11.4. The molecule has 11 heavy (non-hydrogen) atoms. The van der Waals surface area contributed by atoms with E-state index in [-0.39, 0.29) is 11.3 Å². The van der Waals surface area contributed by atoms with Gasteiger partial charge in [-0.15, -0.1) is 0 Å². The van der Waals surface area contributed by atoms with Crippen LogP contribution in [-0.4, -0.2) is 24.0 Å². The van der Waals surface area contributed by atoms with Crippen LogP contribution in [0.4, 0.5) is 0 Å². The van der Waals surface area contributed by atoms with E-state index in [1.54, 1.807) is 21.6 Å². The second kappa shape index (κ2) is 3.72. The van der Waals surface area contributed by atoms with Gasteiger partial charge in [-0.1, -0.05) is 21.6 Å². The lowest BCUT2D eigenvalue weighted by molar-refractivity contribution is -0.127. The Balaban J connectivity index is 2.49. The summed E-state index contributed by atoms with van der Waals surface area (Å²) in [7, 11) is 3.58. The summed E-state index contributed by atoms with van der Waals surface area (Å²) in [5.74, 6) is 2.10. The molecule has 0 bridgehead atoms. The van der Waals surface area contributed by atoms with Gasteiger partial charge in [0.15, 0.2) is 0 Å². The van der Waals surface area contributed by atoms with Crippen molar-refractivity contribution in [1.82, 2.24) is 5.32 Å². The summed E-state index contributed by atoms with van der Waals surface area (Å²) in [5.41, 5.74) is -0.120. The molecule has 0 saturated carbocycles. The molecule has 0 aromatic carbocycles. The Hall–Kier alpha value is 0.170. The molecule has 0 aromatic rings. The molecule has 1 saturated heterocycles. The Bertz CT molecular complexity index is 155. The van der Waals surface area contributed by atoms with E-state index < -0.39 is 0 Å². The minimum Gasteiger partial charge on any atom is -0.356 e. The molecule has 4 heteroatoms. The van der Waals surface area contributed by atoms with Crippen LogP contribution in [0.2, 0.25) is 0 Å². The first-order chi connectivity index (χ1) is 5.19. The molecule has 0 aliphatic carbocycles. The van der Waals surface area contributed by atoms with E-state index in [1.807, 2.05) is 13.8 Å². The van der Waals surface area contributed by atoms with Gasteiger partial charge in [-0.3, -0.25) is 4.79 Å². The first-order valence-corrected chi connectivity index (χ1v) is 6.20. The first-order valence-electron chi connectivity index (χ1n) is 3.72. The average Bonchev–Trinajstić information content (AvgIpc) is 2.38. The molecule has 1 aliphatic heterocycles. The van der Waals surface area contributed by atoms with E-state index >= 15 is 0 Å². The monoisotopic (exact) mass is 191 g/mol. The van der Waals surface area contributed by atoms with Gasteiger partial charge in [0.2, 0.25) is 5.91 Å². The van der Waals surface area contributed by atoms with Crippen molar-refractivity contribution in [3.63, 3.8) is 0 Å². The molecule has 0 unspecified atom stereocenters. The summed E-state index contributed by atoms with van der Waals surface area (Å²) in [4.78, 5) is 11.4. The highest BCUT2D eigenvalue weighted by atomic mass is 33.1. The smallest absolute Gasteiger partial charge is 0.227 e. The largest absolute Gasteiger partial charge is 0.356 e. The number of rotatable bonds is 2. The molecular weight excluding hydrogens is 178 g/mol. The summed E-state index contributed by atoms with van der Waals surface area (Å²) in [6.07, 6.45) is 0. The molecule has 1 amide bonds. The van der Waals surface area contributed by atoms with Crippen LogP contribution in [0.25, 0.3) is 0 Å². The van der Waals surface area contributed by atoms with Gasteiger partial charge in [-0.25, -0.2) is 0 Å². The lowest BCUT2D eigenvalue weighted by Gasteiger charge is -2.19. The predicted molar refractivity (Wildman–Crippen MR) is 51.7 cm³/mol. The van der Waals surface area contributed by atoms with E-state index in [0.717, 1.165) is 18.1 Å². The van der Waals surface area contributed by atoms with Gasteiger partial charge in [0, 0.05) is 18.1 Å². The van der Waals surface area contributed by atoms with Gasteiger partial charge in [-0.05, 0) is 13.8 Å². The summed E-state index contributed by atoms with van der Waals surface area (Å²) >= 11 is 0. The fourth-order valence-corrected chi connectivity index (χ4v) is 4.23. The molecule has 0 atom stereocenters. The number of hydrogen-bond donors (Lipinski definition) is 1. The SMILES string of the molecule is CCNC(=O)C1(C)CSSC1. The van der Waals surface area contributed by atoms with Crippen LogP contribution in [0, 0.1) is 5.41 Å². The third-order valence-electron chi connectivity index (χ3n) is 1.72. The summed E-state index contributed by atoms with van der Waals surface area (Å²) < 4.78 is 0.